The summed E-state index contributed by atoms with van der Waals surface area (Å²) in [4.78, 5) is 36.8. The lowest BCUT2D eigenvalue weighted by atomic mass is 9.92. The smallest absolute Gasteiger partial charge is 0.221 e. The van der Waals surface area contributed by atoms with Crippen molar-refractivity contribution in [3.05, 3.63) is 46.0 Å². The summed E-state index contributed by atoms with van der Waals surface area (Å²) >= 11 is 1.34. The Morgan fingerprint density at radius 1 is 1.14 bits per heavy atom. The number of allylic oxidation sites excluding steroid dienone is 2. The van der Waals surface area contributed by atoms with Crippen LogP contribution in [-0.2, 0) is 4.79 Å². The van der Waals surface area contributed by atoms with E-state index in [-0.39, 0.29) is 23.2 Å². The zero-order valence-electron chi connectivity index (χ0n) is 12.1. The Morgan fingerprint density at radius 3 is 2.33 bits per heavy atom. The van der Waals surface area contributed by atoms with Crippen LogP contribution in [0.3, 0.4) is 0 Å². The van der Waals surface area contributed by atoms with Crippen molar-refractivity contribution in [1.29, 1.82) is 0 Å². The van der Waals surface area contributed by atoms with Gasteiger partial charge in [0.1, 0.15) is 5.70 Å². The van der Waals surface area contributed by atoms with Gasteiger partial charge in [-0.1, -0.05) is 37.6 Å². The van der Waals surface area contributed by atoms with Gasteiger partial charge in [-0.2, -0.15) is 0 Å². The predicted molar refractivity (Wildman–Crippen MR) is 83.3 cm³/mol. The average Bonchev–Trinajstić information content (AvgIpc) is 2.47. The van der Waals surface area contributed by atoms with Gasteiger partial charge in [0, 0.05) is 18.1 Å². The molecule has 1 amide bonds. The molecule has 110 valence electrons. The molecule has 0 saturated carbocycles. The molecule has 0 heterocycles. The molecule has 1 aliphatic rings. The van der Waals surface area contributed by atoms with Gasteiger partial charge in [-0.05, 0) is 12.2 Å². The number of unbranched alkanes of at least 4 members (excludes halogenated alkanes) is 1. The van der Waals surface area contributed by atoms with Gasteiger partial charge < -0.3 is 5.32 Å². The lowest BCUT2D eigenvalue weighted by molar-refractivity contribution is -0.118. The van der Waals surface area contributed by atoms with Crippen LogP contribution in [0, 0.1) is 0 Å². The van der Waals surface area contributed by atoms with Crippen molar-refractivity contribution in [3.63, 3.8) is 0 Å². The van der Waals surface area contributed by atoms with E-state index in [1.807, 2.05) is 0 Å². The lowest BCUT2D eigenvalue weighted by Gasteiger charge is -2.20. The fraction of sp³-hybridized carbons (Fsp3) is 0.312. The van der Waals surface area contributed by atoms with Gasteiger partial charge in [0.25, 0.3) is 0 Å². The van der Waals surface area contributed by atoms with Crippen molar-refractivity contribution in [1.82, 2.24) is 5.32 Å². The molecule has 1 N–H and O–H groups in total. The molecule has 0 aliphatic heterocycles. The number of carbonyl (C=O) groups excluding carboxylic acids is 3. The van der Waals surface area contributed by atoms with Crippen LogP contribution in [0.25, 0.3) is 0 Å². The third-order valence-electron chi connectivity index (χ3n) is 3.12. The number of carbonyl (C=O) groups is 3. The van der Waals surface area contributed by atoms with Crippen LogP contribution in [0.15, 0.2) is 34.9 Å². The highest BCUT2D eigenvalue weighted by atomic mass is 32.2. The van der Waals surface area contributed by atoms with E-state index in [1.165, 1.54) is 18.7 Å². The zero-order valence-corrected chi connectivity index (χ0v) is 12.9. The molecule has 1 aliphatic carbocycles. The molecule has 21 heavy (non-hydrogen) atoms. The minimum Gasteiger partial charge on any atom is -0.322 e. The van der Waals surface area contributed by atoms with Gasteiger partial charge in [-0.15, -0.1) is 11.8 Å². The number of amides is 1. The summed E-state index contributed by atoms with van der Waals surface area (Å²) in [6, 6.07) is 6.72. The van der Waals surface area contributed by atoms with Crippen molar-refractivity contribution < 1.29 is 14.4 Å². The van der Waals surface area contributed by atoms with E-state index in [0.717, 1.165) is 18.6 Å². The van der Waals surface area contributed by atoms with E-state index in [1.54, 1.807) is 24.3 Å². The molecule has 0 fully saturated rings. The van der Waals surface area contributed by atoms with Crippen molar-refractivity contribution in [2.24, 2.45) is 0 Å². The molecule has 0 aromatic heterocycles. The number of nitrogens with one attached hydrogen (secondary N) is 1. The van der Waals surface area contributed by atoms with E-state index >= 15 is 0 Å². The summed E-state index contributed by atoms with van der Waals surface area (Å²) < 4.78 is 0. The van der Waals surface area contributed by atoms with E-state index in [4.69, 9.17) is 0 Å². The molecule has 4 nitrogen and oxygen atoms in total. The first-order valence-corrected chi connectivity index (χ1v) is 7.88. The number of thioether (sulfide) groups is 1. The monoisotopic (exact) mass is 303 g/mol. The second kappa shape index (κ2) is 6.72. The number of benzene rings is 1. The molecular formula is C16H17NO3S. The summed E-state index contributed by atoms with van der Waals surface area (Å²) in [6.07, 6.45) is 1.96. The molecule has 0 radical (unpaired) electrons. The van der Waals surface area contributed by atoms with Crippen LogP contribution in [0.1, 0.15) is 47.4 Å². The molecule has 0 bridgehead atoms. The Hall–Kier alpha value is -1.88. The summed E-state index contributed by atoms with van der Waals surface area (Å²) in [5.41, 5.74) is 0.883. The summed E-state index contributed by atoms with van der Waals surface area (Å²) in [6.45, 7) is 3.40. The summed E-state index contributed by atoms with van der Waals surface area (Å²) in [5.74, 6) is -0.0793. The van der Waals surface area contributed by atoms with E-state index < -0.39 is 0 Å². The first-order valence-electron chi connectivity index (χ1n) is 6.89. The van der Waals surface area contributed by atoms with Gasteiger partial charge in [0.15, 0.2) is 0 Å². The Morgan fingerprint density at radius 2 is 1.76 bits per heavy atom. The number of rotatable bonds is 5. The molecule has 2 rings (SSSR count). The standard InChI is InChI=1S/C16H17NO3S/c1-3-4-9-21-16-13(17-10(2)18)14(19)11-7-5-6-8-12(11)15(16)20/h5-8H,3-4,9H2,1-2H3,(H,17,18). The van der Waals surface area contributed by atoms with Crippen LogP contribution in [0.5, 0.6) is 0 Å². The van der Waals surface area contributed by atoms with Crippen molar-refractivity contribution in [3.8, 4) is 0 Å². The molecular weight excluding hydrogens is 286 g/mol. The first kappa shape index (κ1) is 15.5. The Bertz CT molecular complexity index is 634. The lowest BCUT2D eigenvalue weighted by Crippen LogP contribution is -2.32. The maximum Gasteiger partial charge on any atom is 0.221 e. The topological polar surface area (TPSA) is 63.2 Å². The quantitative estimate of drug-likeness (QED) is 0.849. The highest BCUT2D eigenvalue weighted by Gasteiger charge is 2.32. The number of Topliss-reactive ketones (excluding diaryl/α,β-unsaturated/α-hetero) is 2. The van der Waals surface area contributed by atoms with E-state index in [0.29, 0.717) is 16.0 Å². The molecule has 0 spiro atoms. The average molecular weight is 303 g/mol. The second-order valence-electron chi connectivity index (χ2n) is 4.79. The van der Waals surface area contributed by atoms with Gasteiger partial charge in [0.05, 0.1) is 4.91 Å². The van der Waals surface area contributed by atoms with Gasteiger partial charge in [0.2, 0.25) is 17.5 Å². The van der Waals surface area contributed by atoms with E-state index in [9.17, 15) is 14.4 Å². The van der Waals surface area contributed by atoms with Crippen molar-refractivity contribution >= 4 is 29.2 Å². The Balaban J connectivity index is 2.44. The molecule has 5 heteroatoms. The third kappa shape index (κ3) is 3.24. The van der Waals surface area contributed by atoms with Crippen LogP contribution in [0.4, 0.5) is 0 Å². The van der Waals surface area contributed by atoms with Crippen LogP contribution in [-0.4, -0.2) is 23.2 Å². The minimum absolute atomic E-state index is 0.118. The molecule has 0 unspecified atom stereocenters. The van der Waals surface area contributed by atoms with Gasteiger partial charge in [-0.25, -0.2) is 0 Å². The Kier molecular flexibility index (Phi) is 4.96. The summed E-state index contributed by atoms with van der Waals surface area (Å²) in [5, 5.41) is 2.53. The number of hydrogen-bond acceptors (Lipinski definition) is 4. The minimum atomic E-state index is -0.348. The van der Waals surface area contributed by atoms with Crippen LogP contribution >= 0.6 is 11.8 Å². The van der Waals surface area contributed by atoms with Crippen molar-refractivity contribution in [2.75, 3.05) is 5.75 Å². The van der Waals surface area contributed by atoms with Crippen molar-refractivity contribution in [2.45, 2.75) is 26.7 Å². The highest BCUT2D eigenvalue weighted by Crippen LogP contribution is 2.32. The molecule has 1 aromatic rings. The van der Waals surface area contributed by atoms with Crippen LogP contribution in [0.2, 0.25) is 0 Å². The van der Waals surface area contributed by atoms with Gasteiger partial charge >= 0.3 is 0 Å². The van der Waals surface area contributed by atoms with E-state index in [2.05, 4.69) is 12.2 Å². The second-order valence-corrected chi connectivity index (χ2v) is 5.90. The third-order valence-corrected chi connectivity index (χ3v) is 4.29. The molecule has 0 atom stereocenters. The van der Waals surface area contributed by atoms with Crippen LogP contribution < -0.4 is 5.32 Å². The maximum atomic E-state index is 12.6. The molecule has 1 aromatic carbocycles. The number of hydrogen-bond donors (Lipinski definition) is 1. The normalized spacial score (nSPS) is 14.2. The van der Waals surface area contributed by atoms with Gasteiger partial charge in [-0.3, -0.25) is 14.4 Å². The SMILES string of the molecule is CCCCSC1=C(NC(C)=O)C(=O)c2ccccc2C1=O. The maximum absolute atomic E-state index is 12.6. The fourth-order valence-electron chi connectivity index (χ4n) is 2.10. The first-order chi connectivity index (χ1) is 10.1. The Labute approximate surface area is 128 Å². The highest BCUT2D eigenvalue weighted by molar-refractivity contribution is 8.04. The number of fused-ring (bicyclic) bond motifs is 1. The fourth-order valence-corrected chi connectivity index (χ4v) is 3.26. The number of ketones is 2. The summed E-state index contributed by atoms with van der Waals surface area (Å²) in [7, 11) is 0. The largest absolute Gasteiger partial charge is 0.322 e. The molecule has 0 saturated heterocycles. The predicted octanol–water partition coefficient (Wildman–Crippen LogP) is 2.95. The zero-order chi connectivity index (χ0) is 15.4.